The van der Waals surface area contributed by atoms with Crippen LogP contribution in [0, 0.1) is 0 Å². The number of likely N-dealkylation sites (tertiary alicyclic amines) is 1. The monoisotopic (exact) mass is 541 g/mol. The standard InChI is InChI=1S/C29H30F3N3O4/c1-18(33)20-4-6-21(7-5-20)22-8-11-26(25(17-22)28(34)37)38-23-12-14-35(15-13-23)27(36)16-19-2-9-24(10-3-19)39-29(30,31)32/h2-11,17-18,23H,12-16,33H2,1H3,(H2,34,37)/t18-/m0/s1. The van der Waals surface area contributed by atoms with Gasteiger partial charge in [0.15, 0.2) is 0 Å². The minimum Gasteiger partial charge on any atom is -0.489 e. The minimum absolute atomic E-state index is 0.0658. The Bertz CT molecular complexity index is 1300. The summed E-state index contributed by atoms with van der Waals surface area (Å²) >= 11 is 0. The van der Waals surface area contributed by atoms with Crippen LogP contribution < -0.4 is 20.9 Å². The molecule has 1 heterocycles. The first kappa shape index (κ1) is 28.0. The molecule has 1 atom stereocenters. The van der Waals surface area contributed by atoms with Crippen molar-refractivity contribution in [2.24, 2.45) is 11.5 Å². The fraction of sp³-hybridized carbons (Fsp3) is 0.310. The maximum atomic E-state index is 12.7. The number of piperidine rings is 1. The Labute approximate surface area is 224 Å². The number of ether oxygens (including phenoxy) is 2. The summed E-state index contributed by atoms with van der Waals surface area (Å²) in [6.45, 7) is 2.81. The molecule has 4 N–H and O–H groups in total. The number of alkyl halides is 3. The number of nitrogens with zero attached hydrogens (tertiary/aromatic N) is 1. The van der Waals surface area contributed by atoms with Crippen LogP contribution >= 0.6 is 0 Å². The summed E-state index contributed by atoms with van der Waals surface area (Å²) in [5, 5.41) is 0. The molecule has 4 rings (SSSR count). The summed E-state index contributed by atoms with van der Waals surface area (Å²) in [6.07, 6.45) is -3.79. The van der Waals surface area contributed by atoms with E-state index in [0.717, 1.165) is 16.7 Å². The van der Waals surface area contributed by atoms with Gasteiger partial charge in [-0.1, -0.05) is 42.5 Å². The molecule has 1 fully saturated rings. The van der Waals surface area contributed by atoms with E-state index in [4.69, 9.17) is 16.2 Å². The Morgan fingerprint density at radius 3 is 2.15 bits per heavy atom. The van der Waals surface area contributed by atoms with Gasteiger partial charge in [-0.15, -0.1) is 13.2 Å². The molecule has 0 saturated carbocycles. The van der Waals surface area contributed by atoms with E-state index in [1.165, 1.54) is 24.3 Å². The molecule has 1 saturated heterocycles. The molecule has 3 aromatic rings. The van der Waals surface area contributed by atoms with Crippen molar-refractivity contribution in [2.75, 3.05) is 13.1 Å². The predicted molar refractivity (Wildman–Crippen MR) is 140 cm³/mol. The summed E-state index contributed by atoms with van der Waals surface area (Å²) in [4.78, 5) is 26.6. The smallest absolute Gasteiger partial charge is 0.489 e. The maximum Gasteiger partial charge on any atom is 0.573 e. The molecule has 0 bridgehead atoms. The number of rotatable bonds is 8. The zero-order valence-corrected chi connectivity index (χ0v) is 21.4. The molecule has 39 heavy (non-hydrogen) atoms. The van der Waals surface area contributed by atoms with Crippen LogP contribution in [0.4, 0.5) is 13.2 Å². The van der Waals surface area contributed by atoms with Gasteiger partial charge in [-0.05, 0) is 53.4 Å². The Kier molecular flexibility index (Phi) is 8.44. The SMILES string of the molecule is C[C@H](N)c1ccc(-c2ccc(OC3CCN(C(=O)Cc4ccc(OC(F)(F)F)cc4)CC3)c(C(N)=O)c2)cc1. The minimum atomic E-state index is -4.76. The number of nitrogens with two attached hydrogens (primary N) is 2. The lowest BCUT2D eigenvalue weighted by molar-refractivity contribution is -0.274. The van der Waals surface area contributed by atoms with Crippen LogP contribution in [-0.4, -0.2) is 42.3 Å². The van der Waals surface area contributed by atoms with E-state index in [1.54, 1.807) is 17.0 Å². The first-order chi connectivity index (χ1) is 18.5. The van der Waals surface area contributed by atoms with E-state index in [0.29, 0.717) is 37.2 Å². The van der Waals surface area contributed by atoms with Gasteiger partial charge < -0.3 is 25.8 Å². The molecule has 3 aromatic carbocycles. The van der Waals surface area contributed by atoms with Crippen molar-refractivity contribution in [3.05, 3.63) is 83.4 Å². The number of carbonyl (C=O) groups excluding carboxylic acids is 2. The fourth-order valence-electron chi connectivity index (χ4n) is 4.48. The molecule has 1 aliphatic rings. The first-order valence-electron chi connectivity index (χ1n) is 12.6. The van der Waals surface area contributed by atoms with Gasteiger partial charge in [-0.2, -0.15) is 0 Å². The number of carbonyl (C=O) groups is 2. The average Bonchev–Trinajstić information content (AvgIpc) is 2.89. The summed E-state index contributed by atoms with van der Waals surface area (Å²) in [7, 11) is 0. The van der Waals surface area contributed by atoms with E-state index < -0.39 is 12.3 Å². The summed E-state index contributed by atoms with van der Waals surface area (Å²) in [5.41, 5.74) is 15.2. The lowest BCUT2D eigenvalue weighted by Crippen LogP contribution is -2.42. The Morgan fingerprint density at radius 2 is 1.59 bits per heavy atom. The van der Waals surface area contributed by atoms with Crippen LogP contribution in [0.3, 0.4) is 0 Å². The average molecular weight is 542 g/mol. The highest BCUT2D eigenvalue weighted by Crippen LogP contribution is 2.30. The number of halogens is 3. The molecule has 2 amide bonds. The zero-order valence-electron chi connectivity index (χ0n) is 21.4. The Morgan fingerprint density at radius 1 is 0.974 bits per heavy atom. The van der Waals surface area contributed by atoms with Crippen LogP contribution in [0.2, 0.25) is 0 Å². The lowest BCUT2D eigenvalue weighted by atomic mass is 9.99. The second-order valence-corrected chi connectivity index (χ2v) is 9.55. The molecule has 1 aliphatic heterocycles. The predicted octanol–water partition coefficient (Wildman–Crippen LogP) is 4.98. The number of benzene rings is 3. The van der Waals surface area contributed by atoms with Crippen LogP contribution in [0.25, 0.3) is 11.1 Å². The van der Waals surface area contributed by atoms with Crippen molar-refractivity contribution in [2.45, 2.75) is 44.7 Å². The van der Waals surface area contributed by atoms with Crippen molar-refractivity contribution in [1.82, 2.24) is 4.90 Å². The maximum absolute atomic E-state index is 12.7. The highest BCUT2D eigenvalue weighted by Gasteiger charge is 2.31. The molecule has 0 aromatic heterocycles. The van der Waals surface area contributed by atoms with E-state index in [9.17, 15) is 22.8 Å². The molecule has 0 spiro atoms. The van der Waals surface area contributed by atoms with Crippen molar-refractivity contribution in [3.8, 4) is 22.6 Å². The highest BCUT2D eigenvalue weighted by atomic mass is 19.4. The quantitative estimate of drug-likeness (QED) is 0.418. The van der Waals surface area contributed by atoms with Gasteiger partial charge in [0.1, 0.15) is 17.6 Å². The lowest BCUT2D eigenvalue weighted by Gasteiger charge is -2.32. The van der Waals surface area contributed by atoms with Gasteiger partial charge in [0, 0.05) is 32.0 Å². The topological polar surface area (TPSA) is 108 Å². The summed E-state index contributed by atoms with van der Waals surface area (Å²) in [5.74, 6) is -0.669. The number of primary amides is 1. The van der Waals surface area contributed by atoms with Crippen LogP contribution in [0.1, 0.15) is 47.3 Å². The van der Waals surface area contributed by atoms with Crippen LogP contribution in [-0.2, 0) is 11.2 Å². The van der Waals surface area contributed by atoms with Crippen molar-refractivity contribution in [1.29, 1.82) is 0 Å². The van der Waals surface area contributed by atoms with E-state index in [2.05, 4.69) is 4.74 Å². The Hall–Kier alpha value is -4.05. The van der Waals surface area contributed by atoms with E-state index >= 15 is 0 Å². The fourth-order valence-corrected chi connectivity index (χ4v) is 4.48. The Balaban J connectivity index is 1.34. The van der Waals surface area contributed by atoms with Crippen LogP contribution in [0.15, 0.2) is 66.7 Å². The van der Waals surface area contributed by atoms with Gasteiger partial charge in [-0.25, -0.2) is 0 Å². The third-order valence-corrected chi connectivity index (χ3v) is 6.62. The molecule has 10 heteroatoms. The van der Waals surface area contributed by atoms with Gasteiger partial charge in [0.05, 0.1) is 12.0 Å². The van der Waals surface area contributed by atoms with Crippen molar-refractivity contribution >= 4 is 11.8 Å². The first-order valence-corrected chi connectivity index (χ1v) is 12.6. The number of amides is 2. The molecule has 0 aliphatic carbocycles. The highest BCUT2D eigenvalue weighted by molar-refractivity contribution is 5.97. The van der Waals surface area contributed by atoms with Crippen molar-refractivity contribution < 1.29 is 32.2 Å². The molecular formula is C29H30F3N3O4. The summed E-state index contributed by atoms with van der Waals surface area (Å²) in [6, 6.07) is 18.3. The van der Waals surface area contributed by atoms with E-state index in [1.807, 2.05) is 37.3 Å². The summed E-state index contributed by atoms with van der Waals surface area (Å²) < 4.78 is 47.0. The second-order valence-electron chi connectivity index (χ2n) is 9.55. The largest absolute Gasteiger partial charge is 0.573 e. The number of hydrogen-bond acceptors (Lipinski definition) is 5. The second kappa shape index (κ2) is 11.8. The number of hydrogen-bond donors (Lipinski definition) is 2. The molecule has 0 unspecified atom stereocenters. The van der Waals surface area contributed by atoms with Crippen molar-refractivity contribution in [3.63, 3.8) is 0 Å². The molecular weight excluding hydrogens is 511 g/mol. The van der Waals surface area contributed by atoms with Gasteiger partial charge in [0.2, 0.25) is 5.91 Å². The third kappa shape index (κ3) is 7.51. The van der Waals surface area contributed by atoms with E-state index in [-0.39, 0.29) is 35.8 Å². The van der Waals surface area contributed by atoms with Gasteiger partial charge in [-0.3, -0.25) is 9.59 Å². The normalized spacial score (nSPS) is 15.1. The van der Waals surface area contributed by atoms with Gasteiger partial charge in [0.25, 0.3) is 5.91 Å². The molecule has 206 valence electrons. The third-order valence-electron chi connectivity index (χ3n) is 6.62. The zero-order chi connectivity index (χ0) is 28.2. The van der Waals surface area contributed by atoms with Crippen LogP contribution in [0.5, 0.6) is 11.5 Å². The van der Waals surface area contributed by atoms with Gasteiger partial charge >= 0.3 is 6.36 Å². The molecule has 7 nitrogen and oxygen atoms in total. The molecule has 0 radical (unpaired) electrons.